The maximum absolute atomic E-state index is 11.1. The zero-order valence-corrected chi connectivity index (χ0v) is 10.9. The van der Waals surface area contributed by atoms with Gasteiger partial charge in [0.1, 0.15) is 6.20 Å². The lowest BCUT2D eigenvalue weighted by molar-refractivity contribution is -0.386. The van der Waals surface area contributed by atoms with E-state index in [1.807, 2.05) is 18.2 Å². The number of para-hydroxylation sites is 1. The molecule has 1 aromatic carbocycles. The van der Waals surface area contributed by atoms with Crippen molar-refractivity contribution in [3.63, 3.8) is 0 Å². The molecule has 1 aliphatic carbocycles. The monoisotopic (exact) mass is 273 g/mol. The number of pyridine rings is 1. The highest BCUT2D eigenvalue weighted by Crippen LogP contribution is 2.38. The first-order valence-corrected chi connectivity index (χ1v) is 6.58. The van der Waals surface area contributed by atoms with Gasteiger partial charge in [0.15, 0.2) is 0 Å². The van der Waals surface area contributed by atoms with Gasteiger partial charge in [-0.25, -0.2) is 4.98 Å². The summed E-state index contributed by atoms with van der Waals surface area (Å²) >= 11 is 0. The molecule has 1 saturated carbocycles. The summed E-state index contributed by atoms with van der Waals surface area (Å²) in [5.74, 6) is 0.785. The van der Waals surface area contributed by atoms with Crippen LogP contribution in [0, 0.1) is 16.0 Å². The van der Waals surface area contributed by atoms with Crippen molar-refractivity contribution in [2.24, 2.45) is 11.7 Å². The van der Waals surface area contributed by atoms with Crippen LogP contribution in [-0.4, -0.2) is 22.6 Å². The normalized spacial score (nSPS) is 21.4. The Morgan fingerprint density at radius 2 is 2.15 bits per heavy atom. The second-order valence-electron chi connectivity index (χ2n) is 5.06. The van der Waals surface area contributed by atoms with Gasteiger partial charge < -0.3 is 10.5 Å². The minimum Gasteiger partial charge on any atom is -0.483 e. The second kappa shape index (κ2) is 5.05. The fraction of sp³-hybridized carbons (Fsp3) is 0.357. The van der Waals surface area contributed by atoms with Crippen molar-refractivity contribution in [3.8, 4) is 5.75 Å². The van der Waals surface area contributed by atoms with Crippen LogP contribution >= 0.6 is 0 Å². The van der Waals surface area contributed by atoms with Crippen LogP contribution in [0.2, 0.25) is 0 Å². The van der Waals surface area contributed by atoms with Crippen LogP contribution in [0.25, 0.3) is 10.9 Å². The fourth-order valence-corrected chi connectivity index (χ4v) is 2.49. The van der Waals surface area contributed by atoms with Gasteiger partial charge in [-0.05, 0) is 37.4 Å². The van der Waals surface area contributed by atoms with Gasteiger partial charge in [0.2, 0.25) is 5.75 Å². The Hall–Kier alpha value is -2.21. The van der Waals surface area contributed by atoms with Gasteiger partial charge >= 0.3 is 5.69 Å². The molecule has 1 heterocycles. The lowest BCUT2D eigenvalue weighted by Gasteiger charge is -2.34. The quantitative estimate of drug-likeness (QED) is 0.681. The van der Waals surface area contributed by atoms with Gasteiger partial charge in [-0.2, -0.15) is 0 Å². The number of ether oxygens (including phenoxy) is 1. The summed E-state index contributed by atoms with van der Waals surface area (Å²) in [5.41, 5.74) is 6.20. The molecule has 2 aromatic rings. The first-order chi connectivity index (χ1) is 9.69. The summed E-state index contributed by atoms with van der Waals surface area (Å²) in [7, 11) is 0. The largest absolute Gasteiger partial charge is 0.483 e. The van der Waals surface area contributed by atoms with Crippen molar-refractivity contribution in [2.45, 2.75) is 18.9 Å². The lowest BCUT2D eigenvalue weighted by Crippen LogP contribution is -2.37. The zero-order valence-electron chi connectivity index (χ0n) is 10.9. The van der Waals surface area contributed by atoms with E-state index in [-0.39, 0.29) is 11.8 Å². The van der Waals surface area contributed by atoms with Gasteiger partial charge in [0.05, 0.1) is 16.5 Å². The number of aromatic nitrogens is 1. The van der Waals surface area contributed by atoms with Gasteiger partial charge in [-0.3, -0.25) is 10.1 Å². The van der Waals surface area contributed by atoms with E-state index < -0.39 is 4.92 Å². The molecule has 2 N–H and O–H groups in total. The average molecular weight is 273 g/mol. The van der Waals surface area contributed by atoms with Crippen molar-refractivity contribution >= 4 is 16.6 Å². The third kappa shape index (κ3) is 2.18. The molecular weight excluding hydrogens is 258 g/mol. The Labute approximate surface area is 115 Å². The third-order valence-corrected chi connectivity index (χ3v) is 3.71. The summed E-state index contributed by atoms with van der Waals surface area (Å²) in [6.45, 7) is 0.638. The zero-order chi connectivity index (χ0) is 14.1. The third-order valence-electron chi connectivity index (χ3n) is 3.71. The van der Waals surface area contributed by atoms with Gasteiger partial charge in [-0.15, -0.1) is 0 Å². The molecule has 20 heavy (non-hydrogen) atoms. The highest BCUT2D eigenvalue weighted by atomic mass is 16.6. The number of nitro groups is 1. The number of hydrogen-bond acceptors (Lipinski definition) is 5. The molecule has 0 atom stereocenters. The lowest BCUT2D eigenvalue weighted by atomic mass is 9.82. The standard InChI is InChI=1S/C14H15N3O3/c15-7-9-5-10(6-9)20-14-11-3-1-2-4-12(11)16-8-13(14)17(18)19/h1-4,8-10H,5-7,15H2. The van der Waals surface area contributed by atoms with Crippen LogP contribution < -0.4 is 10.5 Å². The van der Waals surface area contributed by atoms with Crippen LogP contribution in [0.1, 0.15) is 12.8 Å². The van der Waals surface area contributed by atoms with Crippen molar-refractivity contribution in [3.05, 3.63) is 40.6 Å². The van der Waals surface area contributed by atoms with E-state index in [9.17, 15) is 10.1 Å². The van der Waals surface area contributed by atoms with Crippen molar-refractivity contribution < 1.29 is 9.66 Å². The van der Waals surface area contributed by atoms with Crippen LogP contribution in [0.4, 0.5) is 5.69 Å². The van der Waals surface area contributed by atoms with E-state index in [1.54, 1.807) is 6.07 Å². The minimum absolute atomic E-state index is 0.00746. The van der Waals surface area contributed by atoms with Crippen LogP contribution in [-0.2, 0) is 0 Å². The van der Waals surface area contributed by atoms with Crippen LogP contribution in [0.5, 0.6) is 5.75 Å². The van der Waals surface area contributed by atoms with E-state index in [0.29, 0.717) is 29.1 Å². The molecule has 0 spiro atoms. The molecular formula is C14H15N3O3. The smallest absolute Gasteiger partial charge is 0.329 e. The van der Waals surface area contributed by atoms with Gasteiger partial charge in [0, 0.05) is 5.39 Å². The van der Waals surface area contributed by atoms with E-state index in [1.165, 1.54) is 6.20 Å². The fourth-order valence-electron chi connectivity index (χ4n) is 2.49. The first-order valence-electron chi connectivity index (χ1n) is 6.58. The topological polar surface area (TPSA) is 91.3 Å². The summed E-state index contributed by atoms with van der Waals surface area (Å²) < 4.78 is 5.85. The number of fused-ring (bicyclic) bond motifs is 1. The molecule has 0 unspecified atom stereocenters. The molecule has 0 amide bonds. The molecule has 3 rings (SSSR count). The van der Waals surface area contributed by atoms with Crippen molar-refractivity contribution in [2.75, 3.05) is 6.54 Å². The number of nitrogens with two attached hydrogens (primary N) is 1. The Morgan fingerprint density at radius 3 is 2.85 bits per heavy atom. The van der Waals surface area contributed by atoms with E-state index in [4.69, 9.17) is 10.5 Å². The summed E-state index contributed by atoms with van der Waals surface area (Å²) in [6.07, 6.45) is 2.97. The number of rotatable bonds is 4. The highest BCUT2D eigenvalue weighted by molar-refractivity contribution is 5.88. The van der Waals surface area contributed by atoms with Gasteiger partial charge in [0.25, 0.3) is 0 Å². The molecule has 1 aromatic heterocycles. The molecule has 0 saturated heterocycles. The summed E-state index contributed by atoms with van der Waals surface area (Å²) in [6, 6.07) is 7.28. The Kier molecular flexibility index (Phi) is 3.23. The highest BCUT2D eigenvalue weighted by Gasteiger charge is 2.32. The minimum atomic E-state index is -0.451. The second-order valence-corrected chi connectivity index (χ2v) is 5.06. The van der Waals surface area contributed by atoms with Gasteiger partial charge in [-0.1, -0.05) is 12.1 Å². The molecule has 6 heteroatoms. The molecule has 6 nitrogen and oxygen atoms in total. The van der Waals surface area contributed by atoms with Crippen LogP contribution in [0.15, 0.2) is 30.5 Å². The van der Waals surface area contributed by atoms with Crippen molar-refractivity contribution in [1.29, 1.82) is 0 Å². The van der Waals surface area contributed by atoms with E-state index >= 15 is 0 Å². The predicted octanol–water partition coefficient (Wildman–Crippen LogP) is 2.26. The van der Waals surface area contributed by atoms with Crippen molar-refractivity contribution in [1.82, 2.24) is 4.98 Å². The molecule has 0 radical (unpaired) electrons. The van der Waals surface area contributed by atoms with Crippen LogP contribution in [0.3, 0.4) is 0 Å². The number of benzene rings is 1. The Balaban J connectivity index is 1.98. The number of nitrogens with zero attached hydrogens (tertiary/aromatic N) is 2. The summed E-state index contributed by atoms with van der Waals surface area (Å²) in [5, 5.41) is 11.8. The first kappa shape index (κ1) is 12.8. The van der Waals surface area contributed by atoms with E-state index in [0.717, 1.165) is 12.8 Å². The predicted molar refractivity (Wildman–Crippen MR) is 74.6 cm³/mol. The molecule has 1 aliphatic rings. The maximum atomic E-state index is 11.1. The Morgan fingerprint density at radius 1 is 1.40 bits per heavy atom. The molecule has 1 fully saturated rings. The Bertz CT molecular complexity index is 653. The maximum Gasteiger partial charge on any atom is 0.329 e. The molecule has 0 bridgehead atoms. The van der Waals surface area contributed by atoms with E-state index in [2.05, 4.69) is 4.98 Å². The number of hydrogen-bond donors (Lipinski definition) is 1. The molecule has 0 aliphatic heterocycles. The SMILES string of the molecule is NCC1CC(Oc2c([N+](=O)[O-])cnc3ccccc23)C1. The molecule has 104 valence electrons. The summed E-state index contributed by atoms with van der Waals surface area (Å²) in [4.78, 5) is 14.8. The average Bonchev–Trinajstić information content (AvgIpc) is 2.41.